The predicted octanol–water partition coefficient (Wildman–Crippen LogP) is 0.704. The van der Waals surface area contributed by atoms with E-state index in [1.165, 1.54) is 0 Å². The molecule has 0 radical (unpaired) electrons. The first-order valence-corrected chi connectivity index (χ1v) is 6.03. The fourth-order valence-electron chi connectivity index (χ4n) is 1.34. The van der Waals surface area contributed by atoms with Crippen LogP contribution in [-0.4, -0.2) is 62.0 Å². The van der Waals surface area contributed by atoms with Crippen LogP contribution in [0.4, 0.5) is 0 Å². The summed E-state index contributed by atoms with van der Waals surface area (Å²) in [5.41, 5.74) is 0.146. The summed E-state index contributed by atoms with van der Waals surface area (Å²) in [7, 11) is 3.73. The van der Waals surface area contributed by atoms with Crippen molar-refractivity contribution in [2.75, 3.05) is 40.4 Å². The summed E-state index contributed by atoms with van der Waals surface area (Å²) < 4.78 is 4.92. The van der Waals surface area contributed by atoms with E-state index >= 15 is 0 Å². The van der Waals surface area contributed by atoms with Crippen molar-refractivity contribution in [3.05, 3.63) is 0 Å². The fraction of sp³-hybridized carbons (Fsp3) is 1.00. The molecule has 4 nitrogen and oxygen atoms in total. The average molecular weight is 232 g/mol. The van der Waals surface area contributed by atoms with Crippen molar-refractivity contribution in [2.45, 2.75) is 38.8 Å². The Morgan fingerprint density at radius 1 is 1.44 bits per heavy atom. The summed E-state index contributed by atoms with van der Waals surface area (Å²) in [5, 5.41) is 13.0. The van der Waals surface area contributed by atoms with Gasteiger partial charge in [-0.3, -0.25) is 4.90 Å². The van der Waals surface area contributed by atoms with Gasteiger partial charge in [0, 0.05) is 32.3 Å². The maximum absolute atomic E-state index is 9.83. The lowest BCUT2D eigenvalue weighted by Gasteiger charge is -2.36. The Hall–Kier alpha value is -0.160. The zero-order chi connectivity index (χ0) is 12.6. The summed E-state index contributed by atoms with van der Waals surface area (Å²) in [4.78, 5) is 2.20. The van der Waals surface area contributed by atoms with Crippen LogP contribution in [0, 0.1) is 0 Å². The third-order valence-corrected chi connectivity index (χ3v) is 3.25. The third-order valence-electron chi connectivity index (χ3n) is 3.25. The molecule has 0 rings (SSSR count). The highest BCUT2D eigenvalue weighted by atomic mass is 16.5. The van der Waals surface area contributed by atoms with Crippen LogP contribution >= 0.6 is 0 Å². The summed E-state index contributed by atoms with van der Waals surface area (Å²) in [6, 6.07) is 0. The molecular weight excluding hydrogens is 204 g/mol. The summed E-state index contributed by atoms with van der Waals surface area (Å²) in [6.45, 7) is 9.33. The van der Waals surface area contributed by atoms with Gasteiger partial charge in [-0.05, 0) is 27.3 Å². The van der Waals surface area contributed by atoms with Gasteiger partial charge in [-0.1, -0.05) is 6.92 Å². The number of hydrogen-bond acceptors (Lipinski definition) is 4. The van der Waals surface area contributed by atoms with Crippen LogP contribution < -0.4 is 5.32 Å². The van der Waals surface area contributed by atoms with Crippen molar-refractivity contribution in [3.8, 4) is 0 Å². The molecule has 0 aliphatic rings. The van der Waals surface area contributed by atoms with Gasteiger partial charge in [0.15, 0.2) is 0 Å². The largest absolute Gasteiger partial charge is 0.390 e. The van der Waals surface area contributed by atoms with Crippen LogP contribution in [0.2, 0.25) is 0 Å². The van der Waals surface area contributed by atoms with Crippen LogP contribution in [0.25, 0.3) is 0 Å². The number of nitrogens with one attached hydrogen (secondary N) is 1. The molecule has 16 heavy (non-hydrogen) atoms. The van der Waals surface area contributed by atoms with Gasteiger partial charge in [0.05, 0.1) is 12.7 Å². The molecule has 0 aromatic heterocycles. The Labute approximate surface area is 100.0 Å². The Bertz CT molecular complexity index is 174. The van der Waals surface area contributed by atoms with Gasteiger partial charge in [-0.25, -0.2) is 0 Å². The first-order valence-electron chi connectivity index (χ1n) is 6.03. The number of β-amino-alcohol motifs (C(OH)–C–C–N with tert-alkyl or cyclic N) is 1. The minimum Gasteiger partial charge on any atom is -0.390 e. The molecule has 0 saturated heterocycles. The number of nitrogens with zero attached hydrogens (tertiary/aromatic N) is 1. The predicted molar refractivity (Wildman–Crippen MR) is 67.8 cm³/mol. The molecule has 0 aromatic rings. The standard InChI is InChI=1S/C12H28N2O2/c1-6-12(2,3)14(4)10-11(15)9-13-7-8-16-5/h11,13,15H,6-10H2,1-5H3. The molecule has 2 N–H and O–H groups in total. The molecule has 0 bridgehead atoms. The summed E-state index contributed by atoms with van der Waals surface area (Å²) in [6.07, 6.45) is 0.750. The Morgan fingerprint density at radius 3 is 2.56 bits per heavy atom. The highest BCUT2D eigenvalue weighted by molar-refractivity contribution is 4.79. The van der Waals surface area contributed by atoms with Gasteiger partial charge in [-0.2, -0.15) is 0 Å². The number of rotatable bonds is 9. The lowest BCUT2D eigenvalue weighted by atomic mass is 9.99. The van der Waals surface area contributed by atoms with Crippen LogP contribution in [0.1, 0.15) is 27.2 Å². The maximum atomic E-state index is 9.83. The van der Waals surface area contributed by atoms with Gasteiger partial charge in [-0.15, -0.1) is 0 Å². The molecular formula is C12H28N2O2. The zero-order valence-corrected chi connectivity index (χ0v) is 11.4. The van der Waals surface area contributed by atoms with Crippen molar-refractivity contribution in [1.29, 1.82) is 0 Å². The third kappa shape index (κ3) is 6.43. The van der Waals surface area contributed by atoms with E-state index in [4.69, 9.17) is 4.74 Å². The summed E-state index contributed by atoms with van der Waals surface area (Å²) in [5.74, 6) is 0. The van der Waals surface area contributed by atoms with E-state index in [1.807, 2.05) is 0 Å². The second-order valence-electron chi connectivity index (χ2n) is 4.90. The number of aliphatic hydroxyl groups is 1. The van der Waals surface area contributed by atoms with Crippen LogP contribution in [-0.2, 0) is 4.74 Å². The van der Waals surface area contributed by atoms with Crippen molar-refractivity contribution in [2.24, 2.45) is 0 Å². The van der Waals surface area contributed by atoms with E-state index < -0.39 is 0 Å². The molecule has 98 valence electrons. The van der Waals surface area contributed by atoms with E-state index in [-0.39, 0.29) is 11.6 Å². The van der Waals surface area contributed by atoms with Crippen molar-refractivity contribution in [3.63, 3.8) is 0 Å². The molecule has 0 fully saturated rings. The SMILES string of the molecule is CCC(C)(C)N(C)CC(O)CNCCOC. The molecule has 0 aliphatic carbocycles. The normalized spacial score (nSPS) is 14.4. The minimum absolute atomic E-state index is 0.146. The van der Waals surface area contributed by atoms with Crippen molar-refractivity contribution in [1.82, 2.24) is 10.2 Å². The quantitative estimate of drug-likeness (QED) is 0.575. The fourth-order valence-corrected chi connectivity index (χ4v) is 1.34. The van der Waals surface area contributed by atoms with E-state index in [0.29, 0.717) is 19.7 Å². The monoisotopic (exact) mass is 232 g/mol. The highest BCUT2D eigenvalue weighted by Gasteiger charge is 2.22. The first kappa shape index (κ1) is 15.8. The summed E-state index contributed by atoms with van der Waals surface area (Å²) >= 11 is 0. The Kier molecular flexibility index (Phi) is 7.93. The van der Waals surface area contributed by atoms with Gasteiger partial charge >= 0.3 is 0 Å². The van der Waals surface area contributed by atoms with Crippen LogP contribution in [0.3, 0.4) is 0 Å². The lowest BCUT2D eigenvalue weighted by molar-refractivity contribution is 0.0675. The topological polar surface area (TPSA) is 44.7 Å². The zero-order valence-electron chi connectivity index (χ0n) is 11.4. The average Bonchev–Trinajstić information content (AvgIpc) is 2.24. The molecule has 0 heterocycles. The van der Waals surface area contributed by atoms with Gasteiger partial charge in [0.1, 0.15) is 0 Å². The van der Waals surface area contributed by atoms with Crippen LogP contribution in [0.5, 0.6) is 0 Å². The molecule has 1 atom stereocenters. The van der Waals surface area contributed by atoms with Crippen molar-refractivity contribution >= 4 is 0 Å². The number of methoxy groups -OCH3 is 1. The first-order chi connectivity index (χ1) is 7.44. The lowest BCUT2D eigenvalue weighted by Crippen LogP contribution is -2.46. The smallest absolute Gasteiger partial charge is 0.0791 e. The van der Waals surface area contributed by atoms with E-state index in [1.54, 1.807) is 7.11 Å². The number of aliphatic hydroxyl groups excluding tert-OH is 1. The van der Waals surface area contributed by atoms with Gasteiger partial charge in [0.25, 0.3) is 0 Å². The molecule has 0 amide bonds. The highest BCUT2D eigenvalue weighted by Crippen LogP contribution is 2.16. The van der Waals surface area contributed by atoms with E-state index in [0.717, 1.165) is 13.0 Å². The Balaban J connectivity index is 3.73. The molecule has 1 unspecified atom stereocenters. The van der Waals surface area contributed by atoms with E-state index in [9.17, 15) is 5.11 Å². The second-order valence-corrected chi connectivity index (χ2v) is 4.90. The second kappa shape index (κ2) is 8.01. The molecule has 0 aromatic carbocycles. The maximum Gasteiger partial charge on any atom is 0.0791 e. The minimum atomic E-state index is -0.326. The van der Waals surface area contributed by atoms with Gasteiger partial charge < -0.3 is 15.2 Å². The van der Waals surface area contributed by atoms with Crippen molar-refractivity contribution < 1.29 is 9.84 Å². The van der Waals surface area contributed by atoms with Gasteiger partial charge in [0.2, 0.25) is 0 Å². The molecule has 0 aliphatic heterocycles. The number of likely N-dealkylation sites (N-methyl/N-ethyl adjacent to an activating group) is 1. The number of hydrogen-bond donors (Lipinski definition) is 2. The van der Waals surface area contributed by atoms with Crippen LogP contribution in [0.15, 0.2) is 0 Å². The molecule has 4 heteroatoms. The molecule has 0 saturated carbocycles. The number of ether oxygens (including phenoxy) is 1. The van der Waals surface area contributed by atoms with E-state index in [2.05, 4.69) is 38.0 Å². The Morgan fingerprint density at radius 2 is 2.06 bits per heavy atom. The molecule has 0 spiro atoms.